The first-order valence-corrected chi connectivity index (χ1v) is 7.58. The Balaban J connectivity index is 0.00000200. The summed E-state index contributed by atoms with van der Waals surface area (Å²) in [6.07, 6.45) is 2.61. The van der Waals surface area contributed by atoms with Crippen molar-refractivity contribution in [3.05, 3.63) is 23.2 Å². The minimum absolute atomic E-state index is 0. The second-order valence-electron chi connectivity index (χ2n) is 4.10. The molecule has 0 spiro atoms. The largest absolute Gasteiger partial charge is 0.324 e. The Labute approximate surface area is 132 Å². The fraction of sp³-hybridized carbons (Fsp3) is 0.333. The molecule has 1 aromatic carbocycles. The Morgan fingerprint density at radius 1 is 1.60 bits per heavy atom. The minimum Gasteiger partial charge on any atom is -0.324 e. The summed E-state index contributed by atoms with van der Waals surface area (Å²) >= 11 is 7.67. The fourth-order valence-electron chi connectivity index (χ4n) is 1.64. The van der Waals surface area contributed by atoms with Crippen molar-refractivity contribution in [2.24, 2.45) is 5.73 Å². The summed E-state index contributed by atoms with van der Waals surface area (Å²) in [4.78, 5) is 19.1. The Morgan fingerprint density at radius 3 is 3.00 bits per heavy atom. The molecule has 2 rings (SSSR count). The van der Waals surface area contributed by atoms with Crippen LogP contribution in [0.5, 0.6) is 0 Å². The number of hydrogen-bond acceptors (Lipinski definition) is 4. The Hall–Kier alpha value is -0.950. The van der Waals surface area contributed by atoms with Gasteiger partial charge in [-0.3, -0.25) is 10.1 Å². The predicted molar refractivity (Wildman–Crippen MR) is 88.0 cm³/mol. The highest BCUT2D eigenvalue weighted by Crippen LogP contribution is 2.22. The van der Waals surface area contributed by atoms with E-state index in [2.05, 4.69) is 15.3 Å². The molecule has 0 radical (unpaired) electrons. The number of carbonyl (C=O) groups is 1. The van der Waals surface area contributed by atoms with Crippen LogP contribution in [-0.4, -0.2) is 33.9 Å². The SMILES string of the molecule is CSCC[C@H](N)C(=O)Nc1nc2c(Cl)cccc2[nH]1.Cl. The highest BCUT2D eigenvalue weighted by molar-refractivity contribution is 7.98. The molecule has 1 heterocycles. The number of nitrogens with two attached hydrogens (primary N) is 1. The van der Waals surface area contributed by atoms with E-state index in [4.69, 9.17) is 17.3 Å². The van der Waals surface area contributed by atoms with Crippen LogP contribution in [-0.2, 0) is 4.79 Å². The fourth-order valence-corrected chi connectivity index (χ4v) is 2.35. The van der Waals surface area contributed by atoms with Gasteiger partial charge in [-0.25, -0.2) is 4.98 Å². The smallest absolute Gasteiger partial charge is 0.243 e. The average Bonchev–Trinajstić information content (AvgIpc) is 2.79. The summed E-state index contributed by atoms with van der Waals surface area (Å²) in [6.45, 7) is 0. The lowest BCUT2D eigenvalue weighted by molar-refractivity contribution is -0.117. The van der Waals surface area contributed by atoms with Gasteiger partial charge in [-0.1, -0.05) is 17.7 Å². The first kappa shape index (κ1) is 17.1. The molecule has 8 heteroatoms. The van der Waals surface area contributed by atoms with Gasteiger partial charge in [0.25, 0.3) is 0 Å². The van der Waals surface area contributed by atoms with Gasteiger partial charge in [0.1, 0.15) is 5.52 Å². The second-order valence-corrected chi connectivity index (χ2v) is 5.49. The molecule has 0 fully saturated rings. The zero-order valence-electron chi connectivity index (χ0n) is 10.9. The van der Waals surface area contributed by atoms with Crippen molar-refractivity contribution in [1.82, 2.24) is 9.97 Å². The van der Waals surface area contributed by atoms with Crippen molar-refractivity contribution in [3.8, 4) is 0 Å². The minimum atomic E-state index is -0.531. The number of aromatic amines is 1. The van der Waals surface area contributed by atoms with E-state index in [-0.39, 0.29) is 18.3 Å². The van der Waals surface area contributed by atoms with Gasteiger partial charge in [0.15, 0.2) is 0 Å². The van der Waals surface area contributed by atoms with E-state index in [1.165, 1.54) is 0 Å². The monoisotopic (exact) mass is 334 g/mol. The number of amides is 1. The van der Waals surface area contributed by atoms with Gasteiger partial charge in [-0.05, 0) is 30.6 Å². The summed E-state index contributed by atoms with van der Waals surface area (Å²) in [5, 5.41) is 3.21. The van der Waals surface area contributed by atoms with Gasteiger partial charge >= 0.3 is 0 Å². The van der Waals surface area contributed by atoms with Crippen LogP contribution in [0.1, 0.15) is 6.42 Å². The maximum absolute atomic E-state index is 11.8. The van der Waals surface area contributed by atoms with E-state index in [0.717, 1.165) is 11.3 Å². The number of H-pyrrole nitrogens is 1. The van der Waals surface area contributed by atoms with Gasteiger partial charge < -0.3 is 10.7 Å². The van der Waals surface area contributed by atoms with Crippen molar-refractivity contribution in [2.45, 2.75) is 12.5 Å². The highest BCUT2D eigenvalue weighted by atomic mass is 35.5. The van der Waals surface area contributed by atoms with Crippen molar-refractivity contribution in [3.63, 3.8) is 0 Å². The third kappa shape index (κ3) is 4.02. The molecule has 2 aromatic rings. The maximum Gasteiger partial charge on any atom is 0.243 e. The molecule has 20 heavy (non-hydrogen) atoms. The average molecular weight is 335 g/mol. The molecule has 0 aliphatic rings. The van der Waals surface area contributed by atoms with Crippen molar-refractivity contribution < 1.29 is 4.79 Å². The summed E-state index contributed by atoms with van der Waals surface area (Å²) < 4.78 is 0. The van der Waals surface area contributed by atoms with Crippen LogP contribution >= 0.6 is 35.8 Å². The van der Waals surface area contributed by atoms with Crippen molar-refractivity contribution >= 4 is 58.7 Å². The van der Waals surface area contributed by atoms with Crippen LogP contribution < -0.4 is 11.1 Å². The Bertz CT molecular complexity index is 590. The zero-order chi connectivity index (χ0) is 13.8. The van der Waals surface area contributed by atoms with E-state index < -0.39 is 6.04 Å². The lowest BCUT2D eigenvalue weighted by Gasteiger charge is -2.09. The number of carbonyl (C=O) groups excluding carboxylic acids is 1. The quantitative estimate of drug-likeness (QED) is 0.784. The van der Waals surface area contributed by atoms with E-state index in [1.54, 1.807) is 17.8 Å². The van der Waals surface area contributed by atoms with E-state index in [9.17, 15) is 4.79 Å². The highest BCUT2D eigenvalue weighted by Gasteiger charge is 2.15. The van der Waals surface area contributed by atoms with Gasteiger partial charge in [-0.15, -0.1) is 12.4 Å². The third-order valence-electron chi connectivity index (χ3n) is 2.67. The molecule has 1 aromatic heterocycles. The normalized spacial score (nSPS) is 11.9. The summed E-state index contributed by atoms with van der Waals surface area (Å²) in [5.41, 5.74) is 7.20. The molecule has 110 valence electrons. The Kier molecular flexibility index (Phi) is 6.61. The second kappa shape index (κ2) is 7.73. The van der Waals surface area contributed by atoms with Crippen LogP contribution in [0.4, 0.5) is 5.95 Å². The van der Waals surface area contributed by atoms with Crippen molar-refractivity contribution in [1.29, 1.82) is 0 Å². The molecule has 0 bridgehead atoms. The topological polar surface area (TPSA) is 83.8 Å². The van der Waals surface area contributed by atoms with Gasteiger partial charge in [0.2, 0.25) is 11.9 Å². The first-order valence-electron chi connectivity index (χ1n) is 5.81. The number of nitrogens with zero attached hydrogens (tertiary/aromatic N) is 1. The number of hydrogen-bond donors (Lipinski definition) is 3. The molecule has 0 unspecified atom stereocenters. The van der Waals surface area contributed by atoms with Gasteiger partial charge in [0.05, 0.1) is 16.6 Å². The van der Waals surface area contributed by atoms with Crippen LogP contribution in [0, 0.1) is 0 Å². The summed E-state index contributed by atoms with van der Waals surface area (Å²) in [7, 11) is 0. The van der Waals surface area contributed by atoms with Crippen LogP contribution in [0.15, 0.2) is 18.2 Å². The molecule has 1 atom stereocenters. The first-order chi connectivity index (χ1) is 9.11. The third-order valence-corrected chi connectivity index (χ3v) is 3.62. The van der Waals surface area contributed by atoms with Crippen LogP contribution in [0.2, 0.25) is 5.02 Å². The van der Waals surface area contributed by atoms with Crippen LogP contribution in [0.25, 0.3) is 11.0 Å². The number of fused-ring (bicyclic) bond motifs is 1. The number of rotatable bonds is 5. The number of nitrogens with one attached hydrogen (secondary N) is 2. The van der Waals surface area contributed by atoms with E-state index >= 15 is 0 Å². The van der Waals surface area contributed by atoms with Gasteiger partial charge in [-0.2, -0.15) is 11.8 Å². The van der Waals surface area contributed by atoms with Crippen molar-refractivity contribution in [2.75, 3.05) is 17.3 Å². The lowest BCUT2D eigenvalue weighted by atomic mass is 10.2. The molecule has 0 saturated carbocycles. The number of halogens is 2. The molecule has 4 N–H and O–H groups in total. The number of anilines is 1. The predicted octanol–water partition coefficient (Wildman–Crippen LogP) is 2.66. The molecule has 5 nitrogen and oxygen atoms in total. The number of imidazole rings is 1. The van der Waals surface area contributed by atoms with E-state index in [0.29, 0.717) is 22.9 Å². The standard InChI is InChI=1S/C12H15ClN4OS.ClH/c1-19-6-5-8(14)11(18)17-12-15-9-4-2-3-7(13)10(9)16-12;/h2-4,8H,5-6,14H2,1H3,(H2,15,16,17,18);1H/t8-;/m0./s1. The number of para-hydroxylation sites is 1. The molecule has 0 aliphatic carbocycles. The number of aromatic nitrogens is 2. The maximum atomic E-state index is 11.8. The van der Waals surface area contributed by atoms with Gasteiger partial charge in [0, 0.05) is 0 Å². The summed E-state index contributed by atoms with van der Waals surface area (Å²) in [5.74, 6) is 0.970. The van der Waals surface area contributed by atoms with Crippen LogP contribution in [0.3, 0.4) is 0 Å². The molecular formula is C12H16Cl2N4OS. The Morgan fingerprint density at radius 2 is 2.35 bits per heavy atom. The molecular weight excluding hydrogens is 319 g/mol. The molecule has 0 saturated heterocycles. The molecule has 0 aliphatic heterocycles. The zero-order valence-corrected chi connectivity index (χ0v) is 13.2. The molecule has 1 amide bonds. The summed E-state index contributed by atoms with van der Waals surface area (Å²) in [6, 6.07) is 4.88. The number of benzene rings is 1. The lowest BCUT2D eigenvalue weighted by Crippen LogP contribution is -2.36. The number of thioether (sulfide) groups is 1. The van der Waals surface area contributed by atoms with E-state index in [1.807, 2.05) is 18.4 Å².